The first-order chi connectivity index (χ1) is 9.12. The number of rotatable bonds is 7. The van der Waals surface area contributed by atoms with Gasteiger partial charge in [-0.15, -0.1) is 0 Å². The van der Waals surface area contributed by atoms with Crippen LogP contribution < -0.4 is 14.8 Å². The number of ether oxygens (including phenoxy) is 2. The van der Waals surface area contributed by atoms with Crippen LogP contribution in [-0.4, -0.2) is 23.9 Å². The van der Waals surface area contributed by atoms with Gasteiger partial charge in [0, 0.05) is 6.07 Å². The van der Waals surface area contributed by atoms with E-state index in [1.54, 1.807) is 12.1 Å². The van der Waals surface area contributed by atoms with E-state index in [0.717, 1.165) is 6.42 Å². The average Bonchev–Trinajstić information content (AvgIpc) is 2.41. The molecule has 0 aliphatic heterocycles. The highest BCUT2D eigenvalue weighted by Crippen LogP contribution is 2.30. The lowest BCUT2D eigenvalue weighted by Gasteiger charge is -2.14. The van der Waals surface area contributed by atoms with Gasteiger partial charge in [0.05, 0.1) is 23.7 Å². The lowest BCUT2D eigenvalue weighted by atomic mass is 10.2. The van der Waals surface area contributed by atoms with Crippen molar-refractivity contribution in [2.24, 2.45) is 0 Å². The Morgan fingerprint density at radius 2 is 1.95 bits per heavy atom. The zero-order chi connectivity index (χ0) is 14.3. The molecule has 0 spiro atoms. The topological polar surface area (TPSA) is 47.6 Å². The summed E-state index contributed by atoms with van der Waals surface area (Å²) in [6.45, 7) is 6.89. The minimum Gasteiger partial charge on any atom is -0.494 e. The lowest BCUT2D eigenvalue weighted by Crippen LogP contribution is -2.22. The number of benzene rings is 1. The van der Waals surface area contributed by atoms with Gasteiger partial charge >= 0.3 is 0 Å². The SMILES string of the molecule is CCOc1ccc(OCC)c(NC(=O)C(Br)CC)c1. The molecule has 0 fully saturated rings. The van der Waals surface area contributed by atoms with Crippen molar-refractivity contribution in [2.75, 3.05) is 18.5 Å². The van der Waals surface area contributed by atoms with Crippen LogP contribution in [0.1, 0.15) is 27.2 Å². The van der Waals surface area contributed by atoms with E-state index < -0.39 is 0 Å². The summed E-state index contributed by atoms with van der Waals surface area (Å²) in [5.41, 5.74) is 0.635. The fourth-order valence-electron chi connectivity index (χ4n) is 1.54. The Morgan fingerprint density at radius 3 is 2.53 bits per heavy atom. The van der Waals surface area contributed by atoms with Gasteiger partial charge in [0.1, 0.15) is 11.5 Å². The van der Waals surface area contributed by atoms with E-state index in [1.807, 2.05) is 26.8 Å². The Bertz CT molecular complexity index is 423. The van der Waals surface area contributed by atoms with Crippen LogP contribution in [0.2, 0.25) is 0 Å². The molecule has 19 heavy (non-hydrogen) atoms. The van der Waals surface area contributed by atoms with E-state index in [0.29, 0.717) is 30.4 Å². The second-order valence-electron chi connectivity index (χ2n) is 3.89. The van der Waals surface area contributed by atoms with E-state index >= 15 is 0 Å². The van der Waals surface area contributed by atoms with Crippen molar-refractivity contribution in [3.05, 3.63) is 18.2 Å². The summed E-state index contributed by atoms with van der Waals surface area (Å²) in [6.07, 6.45) is 0.723. The van der Waals surface area contributed by atoms with Gasteiger partial charge in [0.15, 0.2) is 0 Å². The van der Waals surface area contributed by atoms with Gasteiger partial charge in [-0.2, -0.15) is 0 Å². The van der Waals surface area contributed by atoms with Crippen LogP contribution in [0.5, 0.6) is 11.5 Å². The number of halogens is 1. The molecular formula is C14H20BrNO3. The standard InChI is InChI=1S/C14H20BrNO3/c1-4-11(15)14(17)16-12-9-10(18-5-2)7-8-13(12)19-6-3/h7-9,11H,4-6H2,1-3H3,(H,16,17). The molecule has 1 N–H and O–H groups in total. The summed E-state index contributed by atoms with van der Waals surface area (Å²) in [4.78, 5) is 11.7. The second kappa shape index (κ2) is 8.04. The Labute approximate surface area is 122 Å². The molecule has 0 aromatic heterocycles. The second-order valence-corrected chi connectivity index (χ2v) is 4.99. The number of carbonyl (C=O) groups excluding carboxylic acids is 1. The van der Waals surface area contributed by atoms with Gasteiger partial charge in [0.25, 0.3) is 0 Å². The van der Waals surface area contributed by atoms with Crippen LogP contribution in [0.15, 0.2) is 18.2 Å². The molecule has 1 rings (SSSR count). The Kier molecular flexibility index (Phi) is 6.70. The maximum absolute atomic E-state index is 11.9. The summed E-state index contributed by atoms with van der Waals surface area (Å²) < 4.78 is 10.9. The molecule has 0 aliphatic rings. The van der Waals surface area contributed by atoms with Gasteiger partial charge in [0.2, 0.25) is 5.91 Å². The number of anilines is 1. The summed E-state index contributed by atoms with van der Waals surface area (Å²) in [5.74, 6) is 1.27. The molecule has 0 saturated heterocycles. The van der Waals surface area contributed by atoms with Gasteiger partial charge < -0.3 is 14.8 Å². The van der Waals surface area contributed by atoms with E-state index in [4.69, 9.17) is 9.47 Å². The van der Waals surface area contributed by atoms with Gasteiger partial charge in [-0.05, 0) is 32.4 Å². The minimum absolute atomic E-state index is 0.0860. The van der Waals surface area contributed by atoms with E-state index in [2.05, 4.69) is 21.2 Å². The number of amides is 1. The first-order valence-electron chi connectivity index (χ1n) is 6.46. The number of alkyl halides is 1. The number of hydrogen-bond donors (Lipinski definition) is 1. The third kappa shape index (κ3) is 4.74. The third-order valence-electron chi connectivity index (χ3n) is 2.46. The predicted octanol–water partition coefficient (Wildman–Crippen LogP) is 3.60. The van der Waals surface area contributed by atoms with Crippen molar-refractivity contribution in [1.82, 2.24) is 0 Å². The first kappa shape index (κ1) is 15.8. The summed E-state index contributed by atoms with van der Waals surface area (Å²) >= 11 is 3.33. The molecule has 4 nitrogen and oxygen atoms in total. The van der Waals surface area contributed by atoms with Crippen molar-refractivity contribution in [2.45, 2.75) is 32.0 Å². The summed E-state index contributed by atoms with van der Waals surface area (Å²) in [5, 5.41) is 2.85. The van der Waals surface area contributed by atoms with Gasteiger partial charge in [-0.1, -0.05) is 22.9 Å². The smallest absolute Gasteiger partial charge is 0.238 e. The number of carbonyl (C=O) groups is 1. The van der Waals surface area contributed by atoms with Crippen LogP contribution in [-0.2, 0) is 4.79 Å². The molecule has 0 radical (unpaired) electrons. The van der Waals surface area contributed by atoms with Crippen LogP contribution in [0.25, 0.3) is 0 Å². The fourth-order valence-corrected chi connectivity index (χ4v) is 1.66. The Hall–Kier alpha value is -1.23. The molecule has 1 aromatic rings. The molecule has 1 atom stereocenters. The Morgan fingerprint density at radius 1 is 1.26 bits per heavy atom. The molecular weight excluding hydrogens is 310 g/mol. The van der Waals surface area contributed by atoms with Crippen LogP contribution >= 0.6 is 15.9 Å². The molecule has 0 aliphatic carbocycles. The molecule has 5 heteroatoms. The normalized spacial score (nSPS) is 11.8. The lowest BCUT2D eigenvalue weighted by molar-refractivity contribution is -0.115. The first-order valence-corrected chi connectivity index (χ1v) is 7.38. The molecule has 106 valence electrons. The van der Waals surface area contributed by atoms with Crippen LogP contribution in [0, 0.1) is 0 Å². The quantitative estimate of drug-likeness (QED) is 0.777. The highest BCUT2D eigenvalue weighted by atomic mass is 79.9. The molecule has 1 aromatic carbocycles. The van der Waals surface area contributed by atoms with Crippen molar-refractivity contribution in [3.8, 4) is 11.5 Å². The number of nitrogens with one attached hydrogen (secondary N) is 1. The van der Waals surface area contributed by atoms with E-state index in [1.165, 1.54) is 0 Å². The molecule has 1 amide bonds. The van der Waals surface area contributed by atoms with Crippen LogP contribution in [0.4, 0.5) is 5.69 Å². The maximum atomic E-state index is 11.9. The molecule has 0 heterocycles. The minimum atomic E-state index is -0.210. The highest BCUT2D eigenvalue weighted by Gasteiger charge is 2.15. The zero-order valence-corrected chi connectivity index (χ0v) is 13.1. The van der Waals surface area contributed by atoms with E-state index in [9.17, 15) is 4.79 Å². The molecule has 0 bridgehead atoms. The largest absolute Gasteiger partial charge is 0.494 e. The van der Waals surface area contributed by atoms with Crippen molar-refractivity contribution >= 4 is 27.5 Å². The Balaban J connectivity index is 2.93. The zero-order valence-electron chi connectivity index (χ0n) is 11.5. The third-order valence-corrected chi connectivity index (χ3v) is 3.53. The van der Waals surface area contributed by atoms with Crippen molar-refractivity contribution < 1.29 is 14.3 Å². The summed E-state index contributed by atoms with van der Waals surface area (Å²) in [7, 11) is 0. The average molecular weight is 330 g/mol. The van der Waals surface area contributed by atoms with Gasteiger partial charge in [-0.3, -0.25) is 4.79 Å². The molecule has 0 saturated carbocycles. The fraction of sp³-hybridized carbons (Fsp3) is 0.500. The van der Waals surface area contributed by atoms with E-state index in [-0.39, 0.29) is 10.7 Å². The van der Waals surface area contributed by atoms with Crippen molar-refractivity contribution in [1.29, 1.82) is 0 Å². The van der Waals surface area contributed by atoms with Crippen molar-refractivity contribution in [3.63, 3.8) is 0 Å². The maximum Gasteiger partial charge on any atom is 0.238 e. The van der Waals surface area contributed by atoms with Crippen LogP contribution in [0.3, 0.4) is 0 Å². The molecule has 1 unspecified atom stereocenters. The summed E-state index contributed by atoms with van der Waals surface area (Å²) in [6, 6.07) is 5.41. The predicted molar refractivity (Wildman–Crippen MR) is 80.4 cm³/mol. The van der Waals surface area contributed by atoms with Gasteiger partial charge in [-0.25, -0.2) is 0 Å². The monoisotopic (exact) mass is 329 g/mol. The number of hydrogen-bond acceptors (Lipinski definition) is 3. The highest BCUT2D eigenvalue weighted by molar-refractivity contribution is 9.10.